The Bertz CT molecular complexity index is 622. The molecule has 1 aromatic carbocycles. The first-order chi connectivity index (χ1) is 12.7. The van der Waals surface area contributed by atoms with Crippen molar-refractivity contribution in [1.82, 2.24) is 4.90 Å². The van der Waals surface area contributed by atoms with Crippen LogP contribution in [-0.2, 0) is 9.59 Å². The molecule has 1 aliphatic rings. The van der Waals surface area contributed by atoms with Gasteiger partial charge in [0.25, 0.3) is 0 Å². The van der Waals surface area contributed by atoms with Gasteiger partial charge in [-0.05, 0) is 42.5 Å². The van der Waals surface area contributed by atoms with E-state index in [1.807, 2.05) is 29.2 Å². The van der Waals surface area contributed by atoms with Crippen LogP contribution in [0, 0.1) is 11.3 Å². The lowest BCUT2D eigenvalue weighted by Gasteiger charge is -2.37. The van der Waals surface area contributed by atoms with Crippen LogP contribution in [0.2, 0.25) is 0 Å². The van der Waals surface area contributed by atoms with Gasteiger partial charge in [-0.15, -0.1) is 0 Å². The lowest BCUT2D eigenvalue weighted by Crippen LogP contribution is -2.50. The molecule has 1 heterocycles. The zero-order valence-corrected chi connectivity index (χ0v) is 17.5. The van der Waals surface area contributed by atoms with Crippen LogP contribution >= 0.6 is 0 Å². The maximum atomic E-state index is 12.5. The van der Waals surface area contributed by atoms with Gasteiger partial charge in [-0.2, -0.15) is 0 Å². The molecule has 0 aromatic heterocycles. The van der Waals surface area contributed by atoms with Crippen molar-refractivity contribution in [2.75, 3.05) is 36.4 Å². The Morgan fingerprint density at radius 2 is 1.56 bits per heavy atom. The molecule has 0 saturated carbocycles. The number of carbonyl (C=O) groups is 2. The largest absolute Gasteiger partial charge is 0.368 e. The van der Waals surface area contributed by atoms with Crippen LogP contribution in [-0.4, -0.2) is 42.9 Å². The quantitative estimate of drug-likeness (QED) is 0.815. The van der Waals surface area contributed by atoms with E-state index in [0.717, 1.165) is 50.4 Å². The monoisotopic (exact) mass is 373 g/mol. The Balaban J connectivity index is 1.88. The third-order valence-electron chi connectivity index (χ3n) is 5.13. The zero-order valence-electron chi connectivity index (χ0n) is 17.5. The molecule has 0 bridgehead atoms. The van der Waals surface area contributed by atoms with Crippen molar-refractivity contribution in [2.45, 2.75) is 53.9 Å². The fourth-order valence-corrected chi connectivity index (χ4v) is 3.52. The van der Waals surface area contributed by atoms with E-state index >= 15 is 0 Å². The molecule has 5 nitrogen and oxygen atoms in total. The van der Waals surface area contributed by atoms with Crippen LogP contribution in [0.3, 0.4) is 0 Å². The van der Waals surface area contributed by atoms with E-state index in [-0.39, 0.29) is 17.2 Å². The third kappa shape index (κ3) is 6.26. The molecule has 0 unspecified atom stereocenters. The molecule has 0 atom stereocenters. The van der Waals surface area contributed by atoms with Crippen molar-refractivity contribution in [3.05, 3.63) is 24.3 Å². The van der Waals surface area contributed by atoms with E-state index in [2.05, 4.69) is 44.8 Å². The van der Waals surface area contributed by atoms with E-state index in [1.165, 1.54) is 0 Å². The van der Waals surface area contributed by atoms with Crippen molar-refractivity contribution in [3.63, 3.8) is 0 Å². The number of nitrogens with zero attached hydrogens (tertiary/aromatic N) is 2. The van der Waals surface area contributed by atoms with Gasteiger partial charge < -0.3 is 15.1 Å². The highest BCUT2D eigenvalue weighted by atomic mass is 16.2. The molecule has 1 N–H and O–H groups in total. The lowest BCUT2D eigenvalue weighted by atomic mass is 9.92. The molecular formula is C22H35N3O2. The summed E-state index contributed by atoms with van der Waals surface area (Å²) in [5.41, 5.74) is 1.95. The molecule has 150 valence electrons. The fraction of sp³-hybridized carbons (Fsp3) is 0.636. The summed E-state index contributed by atoms with van der Waals surface area (Å²) in [5.74, 6) is 0.507. The molecule has 27 heavy (non-hydrogen) atoms. The summed E-state index contributed by atoms with van der Waals surface area (Å²) in [7, 11) is 0. The minimum absolute atomic E-state index is 0.0182. The fourth-order valence-electron chi connectivity index (χ4n) is 3.52. The number of nitrogens with one attached hydrogen (secondary N) is 1. The van der Waals surface area contributed by atoms with Gasteiger partial charge >= 0.3 is 0 Å². The highest BCUT2D eigenvalue weighted by molar-refractivity contribution is 5.91. The molecule has 0 aliphatic carbocycles. The topological polar surface area (TPSA) is 52.7 Å². The highest BCUT2D eigenvalue weighted by Gasteiger charge is 2.25. The van der Waals surface area contributed by atoms with Crippen LogP contribution in [0.15, 0.2) is 24.3 Å². The van der Waals surface area contributed by atoms with Gasteiger partial charge in [0.2, 0.25) is 11.8 Å². The number of hydrogen-bond acceptors (Lipinski definition) is 3. The van der Waals surface area contributed by atoms with Crippen molar-refractivity contribution in [2.24, 2.45) is 11.3 Å². The number of rotatable bonds is 6. The first kappa shape index (κ1) is 21.3. The second kappa shape index (κ2) is 9.25. The van der Waals surface area contributed by atoms with Crippen molar-refractivity contribution < 1.29 is 9.59 Å². The average Bonchev–Trinajstić information content (AvgIpc) is 2.62. The molecule has 2 amide bonds. The smallest absolute Gasteiger partial charge is 0.225 e. The Morgan fingerprint density at radius 1 is 1.00 bits per heavy atom. The van der Waals surface area contributed by atoms with Gasteiger partial charge in [0, 0.05) is 49.9 Å². The number of amides is 2. The Hall–Kier alpha value is -2.04. The summed E-state index contributed by atoms with van der Waals surface area (Å²) >= 11 is 0. The third-order valence-corrected chi connectivity index (χ3v) is 5.13. The molecule has 0 spiro atoms. The summed E-state index contributed by atoms with van der Waals surface area (Å²) in [4.78, 5) is 28.9. The number of piperazine rings is 1. The molecule has 1 aliphatic heterocycles. The van der Waals surface area contributed by atoms with Gasteiger partial charge in [-0.25, -0.2) is 0 Å². The zero-order chi connectivity index (χ0) is 20.0. The van der Waals surface area contributed by atoms with Crippen molar-refractivity contribution in [3.8, 4) is 0 Å². The SMILES string of the molecule is CCC(CC)C(=O)N1CCN(c2ccc(NC(=O)CC(C)(C)C)cc2)CC1. The summed E-state index contributed by atoms with van der Waals surface area (Å²) in [6, 6.07) is 8.01. The van der Waals surface area contributed by atoms with Crippen LogP contribution < -0.4 is 10.2 Å². The van der Waals surface area contributed by atoms with Crippen LogP contribution in [0.4, 0.5) is 11.4 Å². The minimum Gasteiger partial charge on any atom is -0.368 e. The average molecular weight is 374 g/mol. The van der Waals surface area contributed by atoms with Crippen molar-refractivity contribution in [1.29, 1.82) is 0 Å². The highest BCUT2D eigenvalue weighted by Crippen LogP contribution is 2.23. The number of benzene rings is 1. The molecule has 1 aromatic rings. The van der Waals surface area contributed by atoms with E-state index in [0.29, 0.717) is 12.3 Å². The molecule has 1 saturated heterocycles. The normalized spacial score (nSPS) is 15.2. The van der Waals surface area contributed by atoms with E-state index in [1.54, 1.807) is 0 Å². The van der Waals surface area contributed by atoms with Gasteiger partial charge in [0.15, 0.2) is 0 Å². The maximum Gasteiger partial charge on any atom is 0.225 e. The summed E-state index contributed by atoms with van der Waals surface area (Å²) < 4.78 is 0. The molecule has 2 rings (SSSR count). The van der Waals surface area contributed by atoms with Gasteiger partial charge in [-0.1, -0.05) is 34.6 Å². The van der Waals surface area contributed by atoms with Crippen LogP contribution in [0.5, 0.6) is 0 Å². The molecule has 1 fully saturated rings. The Kier molecular flexibility index (Phi) is 7.28. The minimum atomic E-state index is -0.0182. The molecular weight excluding hydrogens is 338 g/mol. The number of anilines is 2. The van der Waals surface area contributed by atoms with Gasteiger partial charge in [0.1, 0.15) is 0 Å². The molecule has 5 heteroatoms. The summed E-state index contributed by atoms with van der Waals surface area (Å²) in [5, 5.41) is 2.97. The predicted molar refractivity (Wildman–Crippen MR) is 112 cm³/mol. The number of carbonyl (C=O) groups excluding carboxylic acids is 2. The van der Waals surface area contributed by atoms with E-state index in [9.17, 15) is 9.59 Å². The Morgan fingerprint density at radius 3 is 2.04 bits per heavy atom. The maximum absolute atomic E-state index is 12.5. The van der Waals surface area contributed by atoms with Crippen LogP contribution in [0.1, 0.15) is 53.9 Å². The predicted octanol–water partition coefficient (Wildman–Crippen LogP) is 4.15. The first-order valence-electron chi connectivity index (χ1n) is 10.2. The molecule has 0 radical (unpaired) electrons. The second-order valence-corrected chi connectivity index (χ2v) is 8.66. The second-order valence-electron chi connectivity index (χ2n) is 8.66. The van der Waals surface area contributed by atoms with Crippen LogP contribution in [0.25, 0.3) is 0 Å². The number of hydrogen-bond donors (Lipinski definition) is 1. The van der Waals surface area contributed by atoms with Gasteiger partial charge in [0.05, 0.1) is 0 Å². The van der Waals surface area contributed by atoms with E-state index < -0.39 is 0 Å². The van der Waals surface area contributed by atoms with Crippen molar-refractivity contribution >= 4 is 23.2 Å². The van der Waals surface area contributed by atoms with Gasteiger partial charge in [-0.3, -0.25) is 9.59 Å². The standard InChI is InChI=1S/C22H35N3O2/c1-6-17(7-2)21(27)25-14-12-24(13-15-25)19-10-8-18(9-11-19)23-20(26)16-22(3,4)5/h8-11,17H,6-7,12-16H2,1-5H3,(H,23,26). The lowest BCUT2D eigenvalue weighted by molar-refractivity contribution is -0.136. The summed E-state index contributed by atoms with van der Waals surface area (Å²) in [6.45, 7) is 13.6. The van der Waals surface area contributed by atoms with E-state index in [4.69, 9.17) is 0 Å². The summed E-state index contributed by atoms with van der Waals surface area (Å²) in [6.07, 6.45) is 2.33. The Labute approximate surface area is 164 Å². The first-order valence-corrected chi connectivity index (χ1v) is 10.2.